The first kappa shape index (κ1) is 16.3. The second-order valence-electron chi connectivity index (χ2n) is 5.61. The Balaban J connectivity index is 1.62. The summed E-state index contributed by atoms with van der Waals surface area (Å²) >= 11 is 7.49. The molecule has 122 valence electrons. The minimum Gasteiger partial charge on any atom is -0.325 e. The molecule has 0 atom stereocenters. The number of benzene rings is 1. The highest BCUT2D eigenvalue weighted by Crippen LogP contribution is 2.40. The van der Waals surface area contributed by atoms with Crippen LogP contribution in [0.15, 0.2) is 23.4 Å². The number of nitrogens with zero attached hydrogens (tertiary/aromatic N) is 3. The van der Waals surface area contributed by atoms with Gasteiger partial charge in [-0.1, -0.05) is 29.4 Å². The molecule has 0 unspecified atom stereocenters. The summed E-state index contributed by atoms with van der Waals surface area (Å²) in [7, 11) is 0. The van der Waals surface area contributed by atoms with E-state index in [1.807, 2.05) is 25.1 Å². The molecule has 1 amide bonds. The Morgan fingerprint density at radius 1 is 1.43 bits per heavy atom. The number of thioether (sulfide) groups is 1. The topological polar surface area (TPSA) is 59.8 Å². The lowest BCUT2D eigenvalue weighted by atomic mass is 10.2. The molecule has 1 aliphatic rings. The summed E-state index contributed by atoms with van der Waals surface area (Å²) < 4.78 is 2.11. The molecule has 0 saturated heterocycles. The molecule has 1 aliphatic carbocycles. The van der Waals surface area contributed by atoms with E-state index in [4.69, 9.17) is 11.6 Å². The Morgan fingerprint density at radius 3 is 2.91 bits per heavy atom. The zero-order chi connectivity index (χ0) is 16.4. The van der Waals surface area contributed by atoms with E-state index in [1.165, 1.54) is 24.6 Å². The quantitative estimate of drug-likeness (QED) is 0.803. The number of carbonyl (C=O) groups excluding carboxylic acids is 1. The Labute approximate surface area is 144 Å². The third-order valence-corrected chi connectivity index (χ3v) is 5.25. The van der Waals surface area contributed by atoms with Gasteiger partial charge in [0, 0.05) is 23.2 Å². The third kappa shape index (κ3) is 3.70. The van der Waals surface area contributed by atoms with Crippen LogP contribution in [0.5, 0.6) is 0 Å². The Morgan fingerprint density at radius 2 is 2.22 bits per heavy atom. The summed E-state index contributed by atoms with van der Waals surface area (Å²) in [6, 6.07) is 5.49. The molecule has 0 radical (unpaired) electrons. The summed E-state index contributed by atoms with van der Waals surface area (Å²) in [6.45, 7) is 4.80. The molecule has 0 spiro atoms. The van der Waals surface area contributed by atoms with Crippen LogP contribution in [0.3, 0.4) is 0 Å². The number of halogens is 1. The average Bonchev–Trinajstić information content (AvgIpc) is 3.30. The fourth-order valence-corrected chi connectivity index (χ4v) is 3.39. The SMILES string of the molecule is CCn1c(SCC(=O)Nc2cccc(Cl)c2C)nnc1C1CC1. The lowest BCUT2D eigenvalue weighted by molar-refractivity contribution is -0.113. The minimum absolute atomic E-state index is 0.0704. The van der Waals surface area contributed by atoms with E-state index < -0.39 is 0 Å². The lowest BCUT2D eigenvalue weighted by Gasteiger charge is -2.10. The molecule has 1 N–H and O–H groups in total. The summed E-state index contributed by atoms with van der Waals surface area (Å²) in [5.74, 6) is 1.84. The number of hydrogen-bond acceptors (Lipinski definition) is 4. The summed E-state index contributed by atoms with van der Waals surface area (Å²) in [4.78, 5) is 12.2. The fourth-order valence-electron chi connectivity index (χ4n) is 2.41. The third-order valence-electron chi connectivity index (χ3n) is 3.88. The number of nitrogens with one attached hydrogen (secondary N) is 1. The predicted molar refractivity (Wildman–Crippen MR) is 93.2 cm³/mol. The maximum absolute atomic E-state index is 12.2. The molecule has 5 nitrogen and oxygen atoms in total. The van der Waals surface area contributed by atoms with Crippen LogP contribution in [0.4, 0.5) is 5.69 Å². The zero-order valence-electron chi connectivity index (χ0n) is 13.2. The van der Waals surface area contributed by atoms with Gasteiger partial charge in [-0.25, -0.2) is 0 Å². The van der Waals surface area contributed by atoms with Crippen molar-refractivity contribution in [2.24, 2.45) is 0 Å². The van der Waals surface area contributed by atoms with Gasteiger partial charge < -0.3 is 9.88 Å². The van der Waals surface area contributed by atoms with Crippen molar-refractivity contribution in [2.75, 3.05) is 11.1 Å². The minimum atomic E-state index is -0.0704. The van der Waals surface area contributed by atoms with E-state index in [2.05, 4.69) is 27.0 Å². The summed E-state index contributed by atoms with van der Waals surface area (Å²) in [5.41, 5.74) is 1.62. The zero-order valence-corrected chi connectivity index (χ0v) is 14.7. The highest BCUT2D eigenvalue weighted by Gasteiger charge is 2.30. The molecule has 1 aromatic heterocycles. The van der Waals surface area contributed by atoms with E-state index in [0.717, 1.165) is 28.8 Å². The van der Waals surface area contributed by atoms with Crippen LogP contribution in [0.1, 0.15) is 37.1 Å². The van der Waals surface area contributed by atoms with Gasteiger partial charge in [-0.05, 0) is 44.4 Å². The number of aromatic nitrogens is 3. The Hall–Kier alpha value is -1.53. The molecule has 0 bridgehead atoms. The van der Waals surface area contributed by atoms with E-state index in [0.29, 0.717) is 16.7 Å². The van der Waals surface area contributed by atoms with Crippen molar-refractivity contribution in [2.45, 2.75) is 44.3 Å². The number of carbonyl (C=O) groups is 1. The van der Waals surface area contributed by atoms with Gasteiger partial charge in [0.2, 0.25) is 5.91 Å². The molecular weight excluding hydrogens is 332 g/mol. The van der Waals surface area contributed by atoms with Gasteiger partial charge in [-0.15, -0.1) is 10.2 Å². The van der Waals surface area contributed by atoms with E-state index >= 15 is 0 Å². The van der Waals surface area contributed by atoms with Crippen molar-refractivity contribution in [3.63, 3.8) is 0 Å². The van der Waals surface area contributed by atoms with Gasteiger partial charge in [0.05, 0.1) is 5.75 Å². The van der Waals surface area contributed by atoms with Crippen LogP contribution in [-0.2, 0) is 11.3 Å². The molecule has 23 heavy (non-hydrogen) atoms. The van der Waals surface area contributed by atoms with Crippen molar-refractivity contribution in [1.82, 2.24) is 14.8 Å². The molecule has 1 fully saturated rings. The molecule has 1 saturated carbocycles. The first-order valence-corrected chi connectivity index (χ1v) is 9.07. The summed E-state index contributed by atoms with van der Waals surface area (Å²) in [6.07, 6.45) is 2.38. The largest absolute Gasteiger partial charge is 0.325 e. The standard InChI is InChI=1S/C16H19ClN4OS/c1-3-21-15(11-7-8-11)19-20-16(21)23-9-14(22)18-13-6-4-5-12(17)10(13)2/h4-6,11H,3,7-9H2,1-2H3,(H,18,22). The maximum atomic E-state index is 12.2. The van der Waals surface area contributed by atoms with Gasteiger partial charge in [0.25, 0.3) is 0 Å². The molecular formula is C16H19ClN4OS. The second kappa shape index (κ2) is 6.93. The van der Waals surface area contributed by atoms with Gasteiger partial charge in [0.1, 0.15) is 5.82 Å². The molecule has 3 rings (SSSR count). The van der Waals surface area contributed by atoms with Crippen LogP contribution in [0.2, 0.25) is 5.02 Å². The molecule has 0 aliphatic heterocycles. The number of anilines is 1. The van der Waals surface area contributed by atoms with Crippen LogP contribution < -0.4 is 5.32 Å². The molecule has 1 aromatic carbocycles. The van der Waals surface area contributed by atoms with Crippen LogP contribution in [0, 0.1) is 6.92 Å². The van der Waals surface area contributed by atoms with Crippen LogP contribution >= 0.6 is 23.4 Å². The normalized spacial score (nSPS) is 14.0. The van der Waals surface area contributed by atoms with Gasteiger partial charge in [-0.2, -0.15) is 0 Å². The first-order chi connectivity index (χ1) is 11.1. The van der Waals surface area contributed by atoms with Gasteiger partial charge in [0.15, 0.2) is 5.16 Å². The first-order valence-electron chi connectivity index (χ1n) is 7.71. The van der Waals surface area contributed by atoms with Gasteiger partial charge in [-0.3, -0.25) is 4.79 Å². The number of hydrogen-bond donors (Lipinski definition) is 1. The van der Waals surface area contributed by atoms with E-state index in [-0.39, 0.29) is 5.91 Å². The number of amides is 1. The van der Waals surface area contributed by atoms with E-state index in [9.17, 15) is 4.79 Å². The monoisotopic (exact) mass is 350 g/mol. The average molecular weight is 351 g/mol. The van der Waals surface area contributed by atoms with Crippen molar-refractivity contribution in [3.05, 3.63) is 34.6 Å². The van der Waals surface area contributed by atoms with Crippen LogP contribution in [-0.4, -0.2) is 26.4 Å². The van der Waals surface area contributed by atoms with Crippen molar-refractivity contribution >= 4 is 35.0 Å². The maximum Gasteiger partial charge on any atom is 0.234 e. The van der Waals surface area contributed by atoms with Crippen LogP contribution in [0.25, 0.3) is 0 Å². The van der Waals surface area contributed by atoms with Crippen molar-refractivity contribution in [3.8, 4) is 0 Å². The Kier molecular flexibility index (Phi) is 4.92. The highest BCUT2D eigenvalue weighted by atomic mass is 35.5. The van der Waals surface area contributed by atoms with E-state index in [1.54, 1.807) is 0 Å². The fraction of sp³-hybridized carbons (Fsp3) is 0.438. The molecule has 7 heteroatoms. The second-order valence-corrected chi connectivity index (χ2v) is 6.96. The molecule has 2 aromatic rings. The van der Waals surface area contributed by atoms with Gasteiger partial charge >= 0.3 is 0 Å². The lowest BCUT2D eigenvalue weighted by Crippen LogP contribution is -2.15. The molecule has 1 heterocycles. The Bertz CT molecular complexity index is 727. The van der Waals surface area contributed by atoms with Crippen molar-refractivity contribution in [1.29, 1.82) is 0 Å². The number of rotatable bonds is 6. The highest BCUT2D eigenvalue weighted by molar-refractivity contribution is 7.99. The smallest absolute Gasteiger partial charge is 0.234 e. The van der Waals surface area contributed by atoms with Crippen molar-refractivity contribution < 1.29 is 4.79 Å². The predicted octanol–water partition coefficient (Wildman–Crippen LogP) is 3.87. The summed E-state index contributed by atoms with van der Waals surface area (Å²) in [5, 5.41) is 12.9.